The van der Waals surface area contributed by atoms with Crippen LogP contribution in [0.15, 0.2) is 24.3 Å². The maximum Gasteiger partial charge on any atom is 0.426 e. The molecule has 3 unspecified atom stereocenters. The molecule has 1 amide bonds. The maximum absolute atomic E-state index is 13.3. The van der Waals surface area contributed by atoms with Crippen LogP contribution < -0.4 is 15.4 Å². The van der Waals surface area contributed by atoms with Crippen molar-refractivity contribution in [3.63, 3.8) is 0 Å². The van der Waals surface area contributed by atoms with Crippen molar-refractivity contribution in [1.82, 2.24) is 10.6 Å². The van der Waals surface area contributed by atoms with Crippen LogP contribution in [0.2, 0.25) is 0 Å². The van der Waals surface area contributed by atoms with Gasteiger partial charge < -0.3 is 30.0 Å². The first-order valence-electron chi connectivity index (χ1n) is 11.9. The molecular weight excluding hydrogens is 469 g/mol. The lowest BCUT2D eigenvalue weighted by molar-refractivity contribution is -0.200. The summed E-state index contributed by atoms with van der Waals surface area (Å²) in [4.78, 5) is 22.8. The molecule has 4 rings (SSSR count). The number of rotatable bonds is 8. The number of para-hydroxylation sites is 1. The molecule has 1 spiro atoms. The molecule has 8 nitrogen and oxygen atoms in total. The highest BCUT2D eigenvalue weighted by molar-refractivity contribution is 5.79. The zero-order chi connectivity index (χ0) is 25.1. The van der Waals surface area contributed by atoms with Crippen molar-refractivity contribution in [2.45, 2.75) is 74.4 Å². The lowest BCUT2D eigenvalue weighted by Crippen LogP contribution is -2.64. The fourth-order valence-corrected chi connectivity index (χ4v) is 5.29. The van der Waals surface area contributed by atoms with Crippen molar-refractivity contribution in [3.8, 4) is 5.75 Å². The maximum atomic E-state index is 13.3. The summed E-state index contributed by atoms with van der Waals surface area (Å²) < 4.78 is 56.8. The highest BCUT2D eigenvalue weighted by Gasteiger charge is 2.47. The molecule has 0 bridgehead atoms. The number of carbonyl (C=O) groups is 2. The van der Waals surface area contributed by atoms with Crippen LogP contribution in [0.5, 0.6) is 5.75 Å². The van der Waals surface area contributed by atoms with Gasteiger partial charge in [-0.1, -0.05) is 18.2 Å². The number of carboxylic acid groups (broad SMARTS) is 1. The van der Waals surface area contributed by atoms with E-state index < -0.39 is 30.2 Å². The first-order chi connectivity index (χ1) is 16.7. The van der Waals surface area contributed by atoms with Crippen LogP contribution in [0.3, 0.4) is 0 Å². The summed E-state index contributed by atoms with van der Waals surface area (Å²) in [7, 11) is 0. The molecule has 1 saturated carbocycles. The number of amides is 1. The van der Waals surface area contributed by atoms with E-state index in [9.17, 15) is 22.8 Å². The first-order valence-corrected chi connectivity index (χ1v) is 11.9. The van der Waals surface area contributed by atoms with E-state index in [0.717, 1.165) is 25.8 Å². The number of nitrogens with one attached hydrogen (secondary N) is 2. The molecule has 1 aromatic carbocycles. The average molecular weight is 501 g/mol. The van der Waals surface area contributed by atoms with Crippen LogP contribution in [0.4, 0.5) is 13.2 Å². The third-order valence-corrected chi connectivity index (χ3v) is 7.14. The van der Waals surface area contributed by atoms with Gasteiger partial charge in [-0.05, 0) is 56.2 Å². The summed E-state index contributed by atoms with van der Waals surface area (Å²) in [5.74, 6) is -1.62. The Kier molecular flexibility index (Phi) is 7.87. The van der Waals surface area contributed by atoms with Gasteiger partial charge in [0, 0.05) is 0 Å². The molecule has 0 aromatic heterocycles. The number of carboxylic acids is 1. The Hall–Kier alpha value is -2.37. The number of alkyl halides is 3. The number of carbonyl (C=O) groups excluding carboxylic acids is 1. The second-order valence-electron chi connectivity index (χ2n) is 9.54. The fraction of sp³-hybridized carbons (Fsp3) is 0.667. The number of ether oxygens (including phenoxy) is 3. The van der Waals surface area contributed by atoms with Gasteiger partial charge in [0.1, 0.15) is 12.4 Å². The third-order valence-electron chi connectivity index (χ3n) is 7.14. The van der Waals surface area contributed by atoms with Gasteiger partial charge in [-0.25, -0.2) is 0 Å². The summed E-state index contributed by atoms with van der Waals surface area (Å²) in [6.45, 7) is 1.72. The van der Waals surface area contributed by atoms with Gasteiger partial charge in [-0.2, -0.15) is 13.2 Å². The van der Waals surface area contributed by atoms with Crippen molar-refractivity contribution in [1.29, 1.82) is 0 Å². The monoisotopic (exact) mass is 500 g/mol. The van der Waals surface area contributed by atoms with Crippen LogP contribution in [0.1, 0.15) is 50.0 Å². The second kappa shape index (κ2) is 10.7. The Bertz CT molecular complexity index is 905. The van der Waals surface area contributed by atoms with Crippen LogP contribution >= 0.6 is 0 Å². The molecule has 2 heterocycles. The standard InChI is InChI=1S/C24H31F3N2O6/c25-24(26,27)20(11-22(31)32)35-18-4-2-1-3-17(18)15-5-7-16(8-6-15)34-12-19-23(9-10-28-19)14-33-13-21(30)29-23/h1-4,15-16,19-20,28H,5-14H2,(H,29,30)(H,31,32). The van der Waals surface area contributed by atoms with E-state index in [4.69, 9.17) is 19.3 Å². The summed E-state index contributed by atoms with van der Waals surface area (Å²) in [5.41, 5.74) is 0.206. The number of aliphatic carboxylic acids is 1. The third kappa shape index (κ3) is 6.25. The van der Waals surface area contributed by atoms with Gasteiger partial charge in [-0.3, -0.25) is 9.59 Å². The van der Waals surface area contributed by atoms with Gasteiger partial charge in [0.2, 0.25) is 12.0 Å². The summed E-state index contributed by atoms with van der Waals surface area (Å²) in [5, 5.41) is 15.3. The first kappa shape index (κ1) is 25.7. The molecule has 0 radical (unpaired) electrons. The van der Waals surface area contributed by atoms with E-state index in [2.05, 4.69) is 10.6 Å². The van der Waals surface area contributed by atoms with E-state index in [1.165, 1.54) is 6.07 Å². The quantitative estimate of drug-likeness (QED) is 0.504. The average Bonchev–Trinajstić information content (AvgIpc) is 3.18. The fourth-order valence-electron chi connectivity index (χ4n) is 5.29. The Morgan fingerprint density at radius 1 is 1.23 bits per heavy atom. The molecular formula is C24H31F3N2O6. The van der Waals surface area contributed by atoms with Crippen LogP contribution in [0.25, 0.3) is 0 Å². The Balaban J connectivity index is 1.33. The lowest BCUT2D eigenvalue weighted by Gasteiger charge is -2.39. The van der Waals surface area contributed by atoms with Crippen molar-refractivity contribution in [2.24, 2.45) is 0 Å². The van der Waals surface area contributed by atoms with Crippen molar-refractivity contribution in [3.05, 3.63) is 29.8 Å². The minimum Gasteiger partial charge on any atom is -0.481 e. The van der Waals surface area contributed by atoms with Crippen LogP contribution in [-0.2, 0) is 19.1 Å². The number of benzene rings is 1. The van der Waals surface area contributed by atoms with E-state index in [1.54, 1.807) is 18.2 Å². The largest absolute Gasteiger partial charge is 0.481 e. The summed E-state index contributed by atoms with van der Waals surface area (Å²) in [6.07, 6.45) is -4.67. The van der Waals surface area contributed by atoms with E-state index in [0.29, 0.717) is 31.6 Å². The van der Waals surface area contributed by atoms with Crippen molar-refractivity contribution >= 4 is 11.9 Å². The number of halogens is 3. The summed E-state index contributed by atoms with van der Waals surface area (Å²) >= 11 is 0. The molecule has 1 aromatic rings. The lowest BCUT2D eigenvalue weighted by atomic mass is 9.82. The predicted octanol–water partition coefficient (Wildman–Crippen LogP) is 2.76. The van der Waals surface area contributed by atoms with Gasteiger partial charge in [-0.15, -0.1) is 0 Å². The molecule has 11 heteroatoms. The van der Waals surface area contributed by atoms with Gasteiger partial charge in [0.25, 0.3) is 0 Å². The Morgan fingerprint density at radius 3 is 2.66 bits per heavy atom. The number of hydrogen-bond donors (Lipinski definition) is 3. The topological polar surface area (TPSA) is 106 Å². The van der Waals surface area contributed by atoms with Crippen molar-refractivity contribution < 1.29 is 42.1 Å². The van der Waals surface area contributed by atoms with Crippen LogP contribution in [-0.4, -0.2) is 73.3 Å². The molecule has 194 valence electrons. The Morgan fingerprint density at radius 2 is 1.97 bits per heavy atom. The molecule has 3 N–H and O–H groups in total. The van der Waals surface area contributed by atoms with E-state index in [-0.39, 0.29) is 36.3 Å². The smallest absolute Gasteiger partial charge is 0.426 e. The number of morpholine rings is 1. The normalized spacial score (nSPS) is 30.1. The minimum atomic E-state index is -4.79. The molecule has 3 fully saturated rings. The van der Waals surface area contributed by atoms with E-state index >= 15 is 0 Å². The molecule has 2 aliphatic heterocycles. The van der Waals surface area contributed by atoms with Gasteiger partial charge in [0.15, 0.2) is 0 Å². The molecule has 3 aliphatic rings. The number of hydrogen-bond acceptors (Lipinski definition) is 6. The van der Waals surface area contributed by atoms with Crippen molar-refractivity contribution in [2.75, 3.05) is 26.4 Å². The molecule has 2 saturated heterocycles. The molecule has 1 aliphatic carbocycles. The minimum absolute atomic E-state index is 0.00765. The zero-order valence-corrected chi connectivity index (χ0v) is 19.3. The highest BCUT2D eigenvalue weighted by Crippen LogP contribution is 2.40. The SMILES string of the molecule is O=C(O)CC(Oc1ccccc1C1CCC(OCC2NCCC23COCC(=O)N3)CC1)C(F)(F)F. The van der Waals surface area contributed by atoms with Gasteiger partial charge in [0.05, 0.1) is 37.3 Å². The second-order valence-corrected chi connectivity index (χ2v) is 9.54. The summed E-state index contributed by atoms with van der Waals surface area (Å²) in [6, 6.07) is 6.49. The van der Waals surface area contributed by atoms with E-state index in [1.807, 2.05) is 0 Å². The predicted molar refractivity (Wildman–Crippen MR) is 118 cm³/mol. The zero-order valence-electron chi connectivity index (χ0n) is 19.3. The Labute approximate surface area is 201 Å². The van der Waals surface area contributed by atoms with Gasteiger partial charge >= 0.3 is 12.1 Å². The molecule has 3 atom stereocenters. The van der Waals surface area contributed by atoms with Crippen LogP contribution in [0, 0.1) is 0 Å². The highest BCUT2D eigenvalue weighted by atomic mass is 19.4. The molecule has 35 heavy (non-hydrogen) atoms.